The van der Waals surface area contributed by atoms with Gasteiger partial charge in [-0.25, -0.2) is 15.0 Å². The highest BCUT2D eigenvalue weighted by molar-refractivity contribution is 5.83. The van der Waals surface area contributed by atoms with Crippen LogP contribution in [0.25, 0.3) is 16.7 Å². The number of aromatic nitrogens is 6. The number of hydrogen-bond donors (Lipinski definition) is 0. The molecule has 0 atom stereocenters. The van der Waals surface area contributed by atoms with E-state index in [-0.39, 0.29) is 0 Å². The molecule has 0 N–H and O–H groups in total. The second-order valence-corrected chi connectivity index (χ2v) is 6.35. The summed E-state index contributed by atoms with van der Waals surface area (Å²) in [6.45, 7) is 5.34. The van der Waals surface area contributed by atoms with Crippen LogP contribution < -0.4 is 9.80 Å². The zero-order valence-corrected chi connectivity index (χ0v) is 14.4. The van der Waals surface area contributed by atoms with Gasteiger partial charge in [-0.1, -0.05) is 12.1 Å². The van der Waals surface area contributed by atoms with Crippen molar-refractivity contribution < 1.29 is 0 Å². The molecule has 5 rings (SSSR count). The van der Waals surface area contributed by atoms with Gasteiger partial charge >= 0.3 is 0 Å². The molecule has 0 aliphatic carbocycles. The third-order valence-electron chi connectivity index (χ3n) is 4.79. The Morgan fingerprint density at radius 2 is 1.58 bits per heavy atom. The molecule has 4 heterocycles. The molecule has 8 nitrogen and oxygen atoms in total. The summed E-state index contributed by atoms with van der Waals surface area (Å²) in [5.74, 6) is 2.54. The fraction of sp³-hybridized carbons (Fsp3) is 0.278. The van der Waals surface area contributed by atoms with Crippen molar-refractivity contribution in [3.8, 4) is 0 Å². The van der Waals surface area contributed by atoms with Crippen molar-refractivity contribution >= 4 is 28.4 Å². The molecule has 130 valence electrons. The Morgan fingerprint density at radius 3 is 2.38 bits per heavy atom. The van der Waals surface area contributed by atoms with Crippen LogP contribution in [-0.2, 0) is 0 Å². The van der Waals surface area contributed by atoms with E-state index in [1.54, 1.807) is 12.4 Å². The average molecular weight is 346 g/mol. The highest BCUT2D eigenvalue weighted by Crippen LogP contribution is 2.25. The molecule has 26 heavy (non-hydrogen) atoms. The topological polar surface area (TPSA) is 75.3 Å². The quantitative estimate of drug-likeness (QED) is 0.547. The summed E-state index contributed by atoms with van der Waals surface area (Å²) in [5, 5.41) is 8.67. The Labute approximate surface area is 150 Å². The van der Waals surface area contributed by atoms with Gasteiger partial charge in [0.25, 0.3) is 0 Å². The zero-order chi connectivity index (χ0) is 17.5. The van der Waals surface area contributed by atoms with Crippen molar-refractivity contribution in [2.75, 3.05) is 36.0 Å². The number of hydrogen-bond acceptors (Lipinski definition) is 7. The van der Waals surface area contributed by atoms with Crippen LogP contribution in [0.15, 0.2) is 42.7 Å². The normalized spacial score (nSPS) is 15.1. The van der Waals surface area contributed by atoms with Gasteiger partial charge in [-0.3, -0.25) is 4.40 Å². The van der Waals surface area contributed by atoms with E-state index in [4.69, 9.17) is 4.98 Å². The predicted molar refractivity (Wildman–Crippen MR) is 99.5 cm³/mol. The number of para-hydroxylation sites is 2. The largest absolute Gasteiger partial charge is 0.350 e. The molecular weight excluding hydrogens is 328 g/mol. The van der Waals surface area contributed by atoms with Gasteiger partial charge in [0.15, 0.2) is 5.82 Å². The molecule has 1 aromatic carbocycles. The van der Waals surface area contributed by atoms with Crippen LogP contribution in [0.3, 0.4) is 0 Å². The lowest BCUT2D eigenvalue weighted by Crippen LogP contribution is -2.47. The van der Waals surface area contributed by atoms with E-state index in [2.05, 4.69) is 40.4 Å². The van der Waals surface area contributed by atoms with Crippen molar-refractivity contribution in [3.05, 3.63) is 48.5 Å². The first-order chi connectivity index (χ1) is 12.8. The maximum absolute atomic E-state index is 4.89. The SMILES string of the molecule is Cc1nnc2c(N3CCN(c4ncccn4)CC3)nc3ccccc3n12. The van der Waals surface area contributed by atoms with Crippen molar-refractivity contribution in [1.82, 2.24) is 29.5 Å². The minimum atomic E-state index is 0.780. The summed E-state index contributed by atoms with van der Waals surface area (Å²) >= 11 is 0. The molecule has 4 aromatic rings. The van der Waals surface area contributed by atoms with Gasteiger partial charge in [-0.15, -0.1) is 10.2 Å². The van der Waals surface area contributed by atoms with Gasteiger partial charge in [-0.2, -0.15) is 0 Å². The van der Waals surface area contributed by atoms with Crippen LogP contribution in [-0.4, -0.2) is 55.7 Å². The van der Waals surface area contributed by atoms with Crippen molar-refractivity contribution in [2.45, 2.75) is 6.92 Å². The first-order valence-corrected chi connectivity index (χ1v) is 8.69. The van der Waals surface area contributed by atoms with Crippen LogP contribution in [0, 0.1) is 6.92 Å². The molecule has 1 fully saturated rings. The van der Waals surface area contributed by atoms with Crippen molar-refractivity contribution in [2.24, 2.45) is 0 Å². The van der Waals surface area contributed by atoms with Gasteiger partial charge in [-0.05, 0) is 25.1 Å². The molecule has 0 spiro atoms. The van der Waals surface area contributed by atoms with E-state index < -0.39 is 0 Å². The molecule has 0 bridgehead atoms. The number of aryl methyl sites for hydroxylation is 1. The molecule has 0 saturated carbocycles. The molecule has 0 amide bonds. The number of nitrogens with zero attached hydrogens (tertiary/aromatic N) is 8. The van der Waals surface area contributed by atoms with E-state index in [0.29, 0.717) is 0 Å². The second-order valence-electron chi connectivity index (χ2n) is 6.35. The average Bonchev–Trinajstić information content (AvgIpc) is 3.10. The smallest absolute Gasteiger partial charge is 0.225 e. The Hall–Kier alpha value is -3.29. The number of anilines is 2. The predicted octanol–water partition coefficient (Wildman–Crippen LogP) is 1.70. The van der Waals surface area contributed by atoms with E-state index in [0.717, 1.165) is 60.5 Å². The van der Waals surface area contributed by atoms with E-state index in [1.165, 1.54) is 0 Å². The molecule has 0 unspecified atom stereocenters. The summed E-state index contributed by atoms with van der Waals surface area (Å²) in [7, 11) is 0. The summed E-state index contributed by atoms with van der Waals surface area (Å²) < 4.78 is 2.09. The lowest BCUT2D eigenvalue weighted by atomic mass is 10.2. The minimum Gasteiger partial charge on any atom is -0.350 e. The Balaban J connectivity index is 1.51. The van der Waals surface area contributed by atoms with Crippen LogP contribution in [0.5, 0.6) is 0 Å². The highest BCUT2D eigenvalue weighted by Gasteiger charge is 2.23. The summed E-state index contributed by atoms with van der Waals surface area (Å²) in [6, 6.07) is 9.95. The van der Waals surface area contributed by atoms with E-state index in [1.807, 2.05) is 31.2 Å². The molecule has 0 radical (unpaired) electrons. The maximum Gasteiger partial charge on any atom is 0.225 e. The third kappa shape index (κ3) is 2.33. The van der Waals surface area contributed by atoms with E-state index in [9.17, 15) is 0 Å². The Morgan fingerprint density at radius 1 is 0.846 bits per heavy atom. The molecule has 1 aliphatic heterocycles. The fourth-order valence-corrected chi connectivity index (χ4v) is 3.49. The number of rotatable bonds is 2. The Kier molecular flexibility index (Phi) is 3.41. The Bertz CT molecular complexity index is 1070. The first kappa shape index (κ1) is 15.0. The van der Waals surface area contributed by atoms with Crippen LogP contribution in [0.1, 0.15) is 5.82 Å². The van der Waals surface area contributed by atoms with Crippen LogP contribution in [0.4, 0.5) is 11.8 Å². The molecule has 1 saturated heterocycles. The lowest BCUT2D eigenvalue weighted by Gasteiger charge is -2.35. The summed E-state index contributed by atoms with van der Waals surface area (Å²) in [4.78, 5) is 18.1. The maximum atomic E-state index is 4.89. The number of benzene rings is 1. The molecule has 3 aromatic heterocycles. The zero-order valence-electron chi connectivity index (χ0n) is 14.4. The fourth-order valence-electron chi connectivity index (χ4n) is 3.49. The minimum absolute atomic E-state index is 0.780. The highest BCUT2D eigenvalue weighted by atomic mass is 15.4. The second kappa shape index (κ2) is 5.91. The number of piperazine rings is 1. The number of fused-ring (bicyclic) bond motifs is 3. The molecular formula is C18H18N8. The lowest BCUT2D eigenvalue weighted by molar-refractivity contribution is 0.635. The first-order valence-electron chi connectivity index (χ1n) is 8.69. The van der Waals surface area contributed by atoms with Crippen molar-refractivity contribution in [3.63, 3.8) is 0 Å². The van der Waals surface area contributed by atoms with Gasteiger partial charge in [0, 0.05) is 38.6 Å². The monoisotopic (exact) mass is 346 g/mol. The van der Waals surface area contributed by atoms with Crippen molar-refractivity contribution in [1.29, 1.82) is 0 Å². The van der Waals surface area contributed by atoms with Gasteiger partial charge in [0.2, 0.25) is 11.6 Å². The third-order valence-corrected chi connectivity index (χ3v) is 4.79. The molecule has 1 aliphatic rings. The summed E-state index contributed by atoms with van der Waals surface area (Å²) in [5.41, 5.74) is 2.79. The summed E-state index contributed by atoms with van der Waals surface area (Å²) in [6.07, 6.45) is 3.56. The van der Waals surface area contributed by atoms with Crippen LogP contribution >= 0.6 is 0 Å². The standard InChI is InChI=1S/C18H18N8/c1-13-22-23-17-16(21-14-5-2-3-6-15(14)26(13)17)24-9-11-25(12-10-24)18-19-7-4-8-20-18/h2-8H,9-12H2,1H3. The van der Waals surface area contributed by atoms with Gasteiger partial charge in [0.05, 0.1) is 11.0 Å². The molecule has 8 heteroatoms. The van der Waals surface area contributed by atoms with Crippen LogP contribution in [0.2, 0.25) is 0 Å². The van der Waals surface area contributed by atoms with Gasteiger partial charge < -0.3 is 9.80 Å². The van der Waals surface area contributed by atoms with Gasteiger partial charge in [0.1, 0.15) is 5.82 Å². The van der Waals surface area contributed by atoms with E-state index >= 15 is 0 Å².